The van der Waals surface area contributed by atoms with Crippen LogP contribution in [0, 0.1) is 6.92 Å². The van der Waals surface area contributed by atoms with Crippen molar-refractivity contribution in [1.82, 2.24) is 5.48 Å². The standard InChI is InChI=1S/C25H26N2O6/c1-3-32-22(14-15-23(29)27-31)24(33-25(30)26-17-10-8-16(2)9-11-17)20-12-13-21(28)19-7-5-4-6-18(19)20/h4-15,22,24,28,31H,3H2,1-2H3,(H,26,30)(H,27,29)/b15-14+/t22-,24-/m0/s1. The number of hydrogen-bond donors (Lipinski definition) is 4. The van der Waals surface area contributed by atoms with Crippen LogP contribution < -0.4 is 10.8 Å². The van der Waals surface area contributed by atoms with Crippen molar-refractivity contribution in [2.45, 2.75) is 26.1 Å². The summed E-state index contributed by atoms with van der Waals surface area (Å²) in [5, 5.41) is 23.0. The third kappa shape index (κ3) is 6.09. The minimum absolute atomic E-state index is 0.0837. The molecule has 0 bridgehead atoms. The molecule has 0 saturated carbocycles. The van der Waals surface area contributed by atoms with Gasteiger partial charge in [0.2, 0.25) is 0 Å². The van der Waals surface area contributed by atoms with E-state index in [1.165, 1.54) is 17.6 Å². The van der Waals surface area contributed by atoms with Gasteiger partial charge < -0.3 is 14.6 Å². The summed E-state index contributed by atoms with van der Waals surface area (Å²) in [4.78, 5) is 24.4. The van der Waals surface area contributed by atoms with Crippen LogP contribution in [0.4, 0.5) is 10.5 Å². The molecule has 2 atom stereocenters. The van der Waals surface area contributed by atoms with Gasteiger partial charge in [0.25, 0.3) is 5.91 Å². The molecule has 8 nitrogen and oxygen atoms in total. The molecular weight excluding hydrogens is 424 g/mol. The van der Waals surface area contributed by atoms with Crippen molar-refractivity contribution in [2.75, 3.05) is 11.9 Å². The normalized spacial score (nSPS) is 12.9. The Morgan fingerprint density at radius 3 is 2.39 bits per heavy atom. The largest absolute Gasteiger partial charge is 0.507 e. The lowest BCUT2D eigenvalue weighted by atomic mass is 9.96. The molecule has 3 aromatic carbocycles. The van der Waals surface area contributed by atoms with Gasteiger partial charge in [-0.05, 0) is 43.5 Å². The van der Waals surface area contributed by atoms with Crippen LogP contribution in [0.2, 0.25) is 0 Å². The van der Waals surface area contributed by atoms with Crippen LogP contribution in [-0.2, 0) is 14.3 Å². The lowest BCUT2D eigenvalue weighted by molar-refractivity contribution is -0.124. The van der Waals surface area contributed by atoms with Gasteiger partial charge in [0.05, 0.1) is 0 Å². The molecule has 3 aromatic rings. The van der Waals surface area contributed by atoms with Crippen molar-refractivity contribution in [2.24, 2.45) is 0 Å². The molecule has 0 fully saturated rings. The average Bonchev–Trinajstić information content (AvgIpc) is 2.82. The van der Waals surface area contributed by atoms with Crippen LogP contribution in [0.25, 0.3) is 10.8 Å². The van der Waals surface area contributed by atoms with Crippen LogP contribution in [0.15, 0.2) is 72.8 Å². The van der Waals surface area contributed by atoms with Crippen molar-refractivity contribution in [1.29, 1.82) is 0 Å². The number of aryl methyl sites for hydroxylation is 1. The molecule has 0 aliphatic rings. The molecule has 3 rings (SSSR count). The van der Waals surface area contributed by atoms with E-state index < -0.39 is 24.2 Å². The number of phenolic OH excluding ortho intramolecular Hbond substituents is 1. The molecule has 0 heterocycles. The number of carbonyl (C=O) groups excluding carboxylic acids is 2. The predicted molar refractivity (Wildman–Crippen MR) is 124 cm³/mol. The number of hydroxylamine groups is 1. The first-order chi connectivity index (χ1) is 15.9. The van der Waals surface area contributed by atoms with Gasteiger partial charge in [-0.3, -0.25) is 15.3 Å². The SMILES string of the molecule is CCO[C@@H](/C=C/C(=O)NO)[C@@H](OC(=O)Nc1ccc(C)cc1)c1ccc(O)c2ccccc12. The third-order valence-electron chi connectivity index (χ3n) is 4.98. The van der Waals surface area contributed by atoms with Gasteiger partial charge in [-0.15, -0.1) is 0 Å². The summed E-state index contributed by atoms with van der Waals surface area (Å²) in [6.45, 7) is 3.98. The summed E-state index contributed by atoms with van der Waals surface area (Å²) in [5.41, 5.74) is 3.71. The highest BCUT2D eigenvalue weighted by atomic mass is 16.6. The number of hydrogen-bond acceptors (Lipinski definition) is 6. The first kappa shape index (κ1) is 23.8. The van der Waals surface area contributed by atoms with E-state index in [1.807, 2.05) is 19.1 Å². The van der Waals surface area contributed by atoms with Crippen molar-refractivity contribution >= 4 is 28.5 Å². The Morgan fingerprint density at radius 2 is 1.73 bits per heavy atom. The summed E-state index contributed by atoms with van der Waals surface area (Å²) in [7, 11) is 0. The number of nitrogens with one attached hydrogen (secondary N) is 2. The van der Waals surface area contributed by atoms with Crippen LogP contribution in [0.1, 0.15) is 24.2 Å². The topological polar surface area (TPSA) is 117 Å². The number of phenols is 1. The predicted octanol–water partition coefficient (Wildman–Crippen LogP) is 4.61. The Hall–Kier alpha value is -3.88. The van der Waals surface area contributed by atoms with Crippen LogP contribution in [0.3, 0.4) is 0 Å². The number of anilines is 1. The number of aromatic hydroxyl groups is 1. The minimum Gasteiger partial charge on any atom is -0.507 e. The van der Waals surface area contributed by atoms with E-state index in [0.29, 0.717) is 22.0 Å². The lowest BCUT2D eigenvalue weighted by Crippen LogP contribution is -2.28. The van der Waals surface area contributed by atoms with E-state index in [2.05, 4.69) is 5.32 Å². The highest BCUT2D eigenvalue weighted by Gasteiger charge is 2.28. The van der Waals surface area contributed by atoms with Crippen molar-refractivity contribution < 1.29 is 29.4 Å². The molecule has 4 N–H and O–H groups in total. The van der Waals surface area contributed by atoms with Crippen molar-refractivity contribution in [3.63, 3.8) is 0 Å². The second kappa shape index (κ2) is 11.1. The molecule has 0 aliphatic carbocycles. The smallest absolute Gasteiger partial charge is 0.412 e. The van der Waals surface area contributed by atoms with Gasteiger partial charge in [-0.2, -0.15) is 0 Å². The van der Waals surface area contributed by atoms with Crippen molar-refractivity contribution in [3.8, 4) is 5.75 Å². The molecule has 8 heteroatoms. The van der Waals surface area contributed by atoms with E-state index in [0.717, 1.165) is 11.6 Å². The molecule has 0 aliphatic heterocycles. The fourth-order valence-electron chi connectivity index (χ4n) is 3.42. The van der Waals surface area contributed by atoms with Gasteiger partial charge in [0.15, 0.2) is 6.10 Å². The number of rotatable bonds is 8. The van der Waals surface area contributed by atoms with Gasteiger partial charge in [0.1, 0.15) is 11.9 Å². The Bertz CT molecular complexity index is 1140. The maximum Gasteiger partial charge on any atom is 0.412 e. The molecule has 0 unspecified atom stereocenters. The summed E-state index contributed by atoms with van der Waals surface area (Å²) >= 11 is 0. The van der Waals surface area contributed by atoms with Gasteiger partial charge in [0, 0.05) is 29.3 Å². The second-order valence-corrected chi connectivity index (χ2v) is 7.29. The monoisotopic (exact) mass is 450 g/mol. The highest BCUT2D eigenvalue weighted by Crippen LogP contribution is 2.35. The van der Waals surface area contributed by atoms with Crippen LogP contribution in [0.5, 0.6) is 5.75 Å². The van der Waals surface area contributed by atoms with Gasteiger partial charge in [-0.1, -0.05) is 48.0 Å². The zero-order chi connectivity index (χ0) is 23.8. The molecule has 0 saturated heterocycles. The Balaban J connectivity index is 2.01. The molecule has 2 amide bonds. The van der Waals surface area contributed by atoms with E-state index in [1.54, 1.807) is 49.4 Å². The Kier molecular flexibility index (Phi) is 8.01. The zero-order valence-corrected chi connectivity index (χ0v) is 18.3. The fourth-order valence-corrected chi connectivity index (χ4v) is 3.42. The molecule has 0 spiro atoms. The number of carbonyl (C=O) groups is 2. The summed E-state index contributed by atoms with van der Waals surface area (Å²) in [6, 6.07) is 17.5. The van der Waals surface area contributed by atoms with E-state index in [9.17, 15) is 14.7 Å². The fraction of sp³-hybridized carbons (Fsp3) is 0.200. The Morgan fingerprint density at radius 1 is 1.03 bits per heavy atom. The summed E-state index contributed by atoms with van der Waals surface area (Å²) in [5.74, 6) is -0.668. The molecule has 172 valence electrons. The molecule has 0 radical (unpaired) electrons. The second-order valence-electron chi connectivity index (χ2n) is 7.29. The number of benzene rings is 3. The summed E-state index contributed by atoms with van der Waals surface area (Å²) < 4.78 is 11.6. The number of ether oxygens (including phenoxy) is 2. The lowest BCUT2D eigenvalue weighted by Gasteiger charge is -2.26. The molecular formula is C25H26N2O6. The highest BCUT2D eigenvalue weighted by molar-refractivity contribution is 5.92. The number of fused-ring (bicyclic) bond motifs is 1. The van der Waals surface area contributed by atoms with E-state index in [-0.39, 0.29) is 12.4 Å². The summed E-state index contributed by atoms with van der Waals surface area (Å²) in [6.07, 6.45) is -0.0455. The van der Waals surface area contributed by atoms with E-state index >= 15 is 0 Å². The zero-order valence-electron chi connectivity index (χ0n) is 18.3. The van der Waals surface area contributed by atoms with E-state index in [4.69, 9.17) is 14.7 Å². The maximum absolute atomic E-state index is 12.8. The number of amides is 2. The first-order valence-electron chi connectivity index (χ1n) is 10.4. The minimum atomic E-state index is -0.969. The quantitative estimate of drug-likeness (QED) is 0.226. The van der Waals surface area contributed by atoms with Gasteiger partial charge >= 0.3 is 6.09 Å². The van der Waals surface area contributed by atoms with Crippen LogP contribution >= 0.6 is 0 Å². The van der Waals surface area contributed by atoms with Crippen LogP contribution in [-0.4, -0.2) is 35.0 Å². The first-order valence-corrected chi connectivity index (χ1v) is 10.4. The third-order valence-corrected chi connectivity index (χ3v) is 4.98. The Labute approximate surface area is 191 Å². The molecule has 33 heavy (non-hydrogen) atoms. The van der Waals surface area contributed by atoms with Gasteiger partial charge in [-0.25, -0.2) is 10.3 Å². The maximum atomic E-state index is 12.8. The average molecular weight is 450 g/mol. The molecule has 0 aromatic heterocycles. The van der Waals surface area contributed by atoms with Crippen molar-refractivity contribution in [3.05, 3.63) is 83.9 Å².